The van der Waals surface area contributed by atoms with Crippen molar-refractivity contribution in [2.75, 3.05) is 13.2 Å². The first-order valence-corrected chi connectivity index (χ1v) is 23.6. The Morgan fingerprint density at radius 3 is 1.17 bits per heavy atom. The summed E-state index contributed by atoms with van der Waals surface area (Å²) in [6.45, 7) is 6.36. The molecule has 0 aliphatic carbocycles. The highest BCUT2D eigenvalue weighted by atomic mass is 16.6. The van der Waals surface area contributed by atoms with Crippen LogP contribution in [0.1, 0.15) is 207 Å². The maximum atomic E-state index is 12.7. The van der Waals surface area contributed by atoms with Crippen molar-refractivity contribution in [1.29, 1.82) is 0 Å². The first kappa shape index (κ1) is 54.6. The fraction of sp³-hybridized carbons (Fsp3) is 0.673. The molecule has 330 valence electrons. The summed E-state index contributed by atoms with van der Waals surface area (Å²) in [4.78, 5) is 37.8. The van der Waals surface area contributed by atoms with Crippen LogP contribution >= 0.6 is 0 Å². The van der Waals surface area contributed by atoms with Crippen molar-refractivity contribution in [3.05, 3.63) is 85.1 Å². The highest BCUT2D eigenvalue weighted by Gasteiger charge is 2.19. The van der Waals surface area contributed by atoms with Gasteiger partial charge in [-0.2, -0.15) is 0 Å². The number of carbonyl (C=O) groups excluding carboxylic acids is 3. The second-order valence-electron chi connectivity index (χ2n) is 15.3. The molecule has 0 amide bonds. The van der Waals surface area contributed by atoms with E-state index in [9.17, 15) is 14.4 Å². The van der Waals surface area contributed by atoms with Gasteiger partial charge in [-0.1, -0.05) is 164 Å². The van der Waals surface area contributed by atoms with Gasteiger partial charge in [0.25, 0.3) is 0 Å². The van der Waals surface area contributed by atoms with E-state index in [1.54, 1.807) is 0 Å². The zero-order valence-corrected chi connectivity index (χ0v) is 37.5. The van der Waals surface area contributed by atoms with Gasteiger partial charge in [-0.3, -0.25) is 14.4 Å². The minimum Gasteiger partial charge on any atom is -0.462 e. The van der Waals surface area contributed by atoms with Crippen LogP contribution in [0, 0.1) is 0 Å². The second-order valence-corrected chi connectivity index (χ2v) is 15.3. The van der Waals surface area contributed by atoms with Crippen LogP contribution in [0.2, 0.25) is 0 Å². The predicted octanol–water partition coefficient (Wildman–Crippen LogP) is 15.3. The summed E-state index contributed by atoms with van der Waals surface area (Å²) < 4.78 is 16.7. The van der Waals surface area contributed by atoms with E-state index in [2.05, 4.69) is 106 Å². The highest BCUT2D eigenvalue weighted by Crippen LogP contribution is 2.12. The lowest BCUT2D eigenvalue weighted by atomic mass is 10.1. The van der Waals surface area contributed by atoms with E-state index in [1.165, 1.54) is 38.5 Å². The largest absolute Gasteiger partial charge is 0.462 e. The number of carbonyl (C=O) groups is 3. The van der Waals surface area contributed by atoms with Gasteiger partial charge in [0.15, 0.2) is 6.10 Å². The number of unbranched alkanes of at least 4 members (excludes halogenated alkanes) is 16. The molecule has 58 heavy (non-hydrogen) atoms. The lowest BCUT2D eigenvalue weighted by molar-refractivity contribution is -0.167. The standard InChI is InChI=1S/C52H86O6/c1-4-7-10-13-16-19-22-24-26-28-30-33-36-39-42-45-51(54)57-48-49(47-56-50(53)44-41-38-35-32-21-18-15-12-9-6-3)58-52(55)46-43-40-37-34-31-29-27-25-23-20-17-14-11-8-5-2/h7,10,12,15-17,19-20,24-27,30,33,49H,4-6,8-9,11,13-14,18,21-23,28-29,31-32,34-48H2,1-3H3/b10-7-,15-12-,19-16-,20-17-,26-24-,27-25-,33-30-. The van der Waals surface area contributed by atoms with Crippen molar-refractivity contribution in [3.63, 3.8) is 0 Å². The Kier molecular flexibility index (Phi) is 43.6. The quantitative estimate of drug-likeness (QED) is 0.0265. The molecule has 0 saturated heterocycles. The molecule has 6 heteroatoms. The van der Waals surface area contributed by atoms with Gasteiger partial charge in [0.2, 0.25) is 0 Å². The average Bonchev–Trinajstić information content (AvgIpc) is 3.22. The van der Waals surface area contributed by atoms with Gasteiger partial charge in [-0.15, -0.1) is 0 Å². The Balaban J connectivity index is 4.48. The molecule has 0 aromatic carbocycles. The fourth-order valence-corrected chi connectivity index (χ4v) is 6.05. The summed E-state index contributed by atoms with van der Waals surface area (Å²) in [5.74, 6) is -0.975. The van der Waals surface area contributed by atoms with Gasteiger partial charge in [0, 0.05) is 19.3 Å². The van der Waals surface area contributed by atoms with Gasteiger partial charge in [-0.05, 0) is 109 Å². The average molecular weight is 807 g/mol. The maximum absolute atomic E-state index is 12.7. The number of allylic oxidation sites excluding steroid dienone is 14. The monoisotopic (exact) mass is 807 g/mol. The Morgan fingerprint density at radius 2 is 0.707 bits per heavy atom. The summed E-state index contributed by atoms with van der Waals surface area (Å²) >= 11 is 0. The Bertz CT molecular complexity index is 1160. The van der Waals surface area contributed by atoms with Crippen molar-refractivity contribution in [2.24, 2.45) is 0 Å². The summed E-state index contributed by atoms with van der Waals surface area (Å²) in [7, 11) is 0. The van der Waals surface area contributed by atoms with Gasteiger partial charge in [0.05, 0.1) is 0 Å². The zero-order valence-electron chi connectivity index (χ0n) is 37.5. The van der Waals surface area contributed by atoms with Gasteiger partial charge >= 0.3 is 17.9 Å². The minimum absolute atomic E-state index is 0.101. The number of esters is 3. The number of rotatable bonds is 41. The third-order valence-corrected chi connectivity index (χ3v) is 9.58. The molecular weight excluding hydrogens is 721 g/mol. The molecule has 0 fully saturated rings. The summed E-state index contributed by atoms with van der Waals surface area (Å²) in [6, 6.07) is 0. The molecule has 1 atom stereocenters. The molecule has 0 aromatic rings. The zero-order chi connectivity index (χ0) is 42.3. The van der Waals surface area contributed by atoms with Crippen molar-refractivity contribution < 1.29 is 28.6 Å². The van der Waals surface area contributed by atoms with E-state index in [1.807, 2.05) is 0 Å². The Hall–Kier alpha value is -3.41. The molecule has 0 aliphatic heterocycles. The van der Waals surface area contributed by atoms with E-state index in [0.29, 0.717) is 19.3 Å². The van der Waals surface area contributed by atoms with Gasteiger partial charge < -0.3 is 14.2 Å². The number of hydrogen-bond acceptors (Lipinski definition) is 6. The highest BCUT2D eigenvalue weighted by molar-refractivity contribution is 5.71. The molecule has 6 nitrogen and oxygen atoms in total. The van der Waals surface area contributed by atoms with E-state index in [4.69, 9.17) is 14.2 Å². The van der Waals surface area contributed by atoms with Crippen LogP contribution in [-0.2, 0) is 28.6 Å². The van der Waals surface area contributed by atoms with Crippen molar-refractivity contribution >= 4 is 17.9 Å². The molecule has 0 heterocycles. The van der Waals surface area contributed by atoms with Gasteiger partial charge in [0.1, 0.15) is 13.2 Å². The lowest BCUT2D eigenvalue weighted by Crippen LogP contribution is -2.30. The Morgan fingerprint density at radius 1 is 0.362 bits per heavy atom. The normalized spacial score (nSPS) is 12.8. The molecular formula is C52H86O6. The molecule has 0 saturated carbocycles. The number of ether oxygens (including phenoxy) is 3. The lowest BCUT2D eigenvalue weighted by Gasteiger charge is -2.18. The first-order chi connectivity index (χ1) is 28.5. The third kappa shape index (κ3) is 43.7. The molecule has 0 spiro atoms. The third-order valence-electron chi connectivity index (χ3n) is 9.58. The number of hydrogen-bond donors (Lipinski definition) is 0. The van der Waals surface area contributed by atoms with Crippen LogP contribution in [0.5, 0.6) is 0 Å². The van der Waals surface area contributed by atoms with Crippen LogP contribution < -0.4 is 0 Å². The van der Waals surface area contributed by atoms with Crippen LogP contribution in [0.25, 0.3) is 0 Å². The predicted molar refractivity (Wildman–Crippen MR) is 247 cm³/mol. The molecule has 0 N–H and O–H groups in total. The molecule has 0 radical (unpaired) electrons. The van der Waals surface area contributed by atoms with E-state index in [-0.39, 0.29) is 31.1 Å². The van der Waals surface area contributed by atoms with Gasteiger partial charge in [-0.25, -0.2) is 0 Å². The molecule has 0 aromatic heterocycles. The molecule has 0 aliphatic rings. The van der Waals surface area contributed by atoms with Crippen LogP contribution in [-0.4, -0.2) is 37.2 Å². The summed E-state index contributed by atoms with van der Waals surface area (Å²) in [6.07, 6.45) is 58.5. The van der Waals surface area contributed by atoms with E-state index in [0.717, 1.165) is 128 Å². The van der Waals surface area contributed by atoms with Crippen molar-refractivity contribution in [2.45, 2.75) is 213 Å². The minimum atomic E-state index is -0.802. The molecule has 0 bridgehead atoms. The smallest absolute Gasteiger partial charge is 0.306 e. The fourth-order valence-electron chi connectivity index (χ4n) is 6.05. The topological polar surface area (TPSA) is 78.9 Å². The first-order valence-electron chi connectivity index (χ1n) is 23.6. The maximum Gasteiger partial charge on any atom is 0.306 e. The van der Waals surface area contributed by atoms with Crippen LogP contribution in [0.3, 0.4) is 0 Å². The van der Waals surface area contributed by atoms with E-state index < -0.39 is 6.10 Å². The molecule has 1 unspecified atom stereocenters. The summed E-state index contributed by atoms with van der Waals surface area (Å²) in [5, 5.41) is 0. The van der Waals surface area contributed by atoms with Crippen LogP contribution in [0.15, 0.2) is 85.1 Å². The van der Waals surface area contributed by atoms with Crippen LogP contribution in [0.4, 0.5) is 0 Å². The second kappa shape index (κ2) is 46.3. The Labute approximate surface area is 356 Å². The van der Waals surface area contributed by atoms with Crippen molar-refractivity contribution in [1.82, 2.24) is 0 Å². The summed E-state index contributed by atoms with van der Waals surface area (Å²) in [5.41, 5.74) is 0. The molecule has 0 rings (SSSR count). The van der Waals surface area contributed by atoms with E-state index >= 15 is 0 Å². The SMILES string of the molecule is CC/C=C\C/C=C\C/C=C\C/C=C\CCCCC(=O)OCC(COC(=O)CCCCCCC/C=C\CCC)OC(=O)CCCCCCC/C=C\C/C=C\CCCCC. The van der Waals surface area contributed by atoms with Crippen molar-refractivity contribution in [3.8, 4) is 0 Å².